The van der Waals surface area contributed by atoms with Crippen LogP contribution in [0.1, 0.15) is 26.2 Å². The number of rotatable bonds is 3. The number of hydrogen-bond acceptors (Lipinski definition) is 2. The number of hydrogen-bond donors (Lipinski definition) is 0. The van der Waals surface area contributed by atoms with Crippen molar-refractivity contribution in [2.24, 2.45) is 17.8 Å². The van der Waals surface area contributed by atoms with Gasteiger partial charge in [-0.2, -0.15) is 0 Å². The van der Waals surface area contributed by atoms with Crippen LogP contribution in [0.2, 0.25) is 0 Å². The first kappa shape index (κ1) is 13.8. The zero-order valence-electron chi connectivity index (χ0n) is 13.1. The first-order chi connectivity index (χ1) is 10.7. The Hall–Kier alpha value is -1.84. The van der Waals surface area contributed by atoms with Gasteiger partial charge in [-0.25, -0.2) is 4.98 Å². The van der Waals surface area contributed by atoms with Crippen LogP contribution in [0.25, 0.3) is 11.0 Å². The molecule has 1 aromatic heterocycles. The van der Waals surface area contributed by atoms with Gasteiger partial charge in [-0.1, -0.05) is 19.1 Å². The van der Waals surface area contributed by atoms with Gasteiger partial charge < -0.3 is 9.47 Å². The predicted octanol–water partition coefficient (Wildman–Crippen LogP) is 2.93. The molecule has 0 spiro atoms. The zero-order valence-corrected chi connectivity index (χ0v) is 13.1. The third-order valence-electron chi connectivity index (χ3n) is 5.24. The molecule has 3 atom stereocenters. The molecule has 4 heteroatoms. The van der Waals surface area contributed by atoms with E-state index >= 15 is 0 Å². The van der Waals surface area contributed by atoms with Gasteiger partial charge in [0.1, 0.15) is 0 Å². The summed E-state index contributed by atoms with van der Waals surface area (Å²) < 4.78 is 2.24. The third-order valence-corrected chi connectivity index (χ3v) is 5.24. The highest BCUT2D eigenvalue weighted by atomic mass is 16.2. The highest BCUT2D eigenvalue weighted by Gasteiger charge is 2.42. The monoisotopic (exact) mass is 297 g/mol. The number of likely N-dealkylation sites (tertiary alicyclic amines) is 1. The molecule has 0 bridgehead atoms. The number of piperidine rings is 1. The van der Waals surface area contributed by atoms with Crippen molar-refractivity contribution in [1.82, 2.24) is 14.5 Å². The second-order valence-electron chi connectivity index (χ2n) is 7.00. The molecule has 2 aromatic rings. The number of para-hydroxylation sites is 2. The van der Waals surface area contributed by atoms with Crippen LogP contribution in [0.4, 0.5) is 0 Å². The SMILES string of the molecule is C[C@@H]1C[C@@H]1C(=O)N1CCC[C@@H](Cn2cnc3ccccc32)C1. The van der Waals surface area contributed by atoms with E-state index in [-0.39, 0.29) is 0 Å². The lowest BCUT2D eigenvalue weighted by Crippen LogP contribution is -2.42. The van der Waals surface area contributed by atoms with E-state index in [9.17, 15) is 4.79 Å². The van der Waals surface area contributed by atoms with E-state index < -0.39 is 0 Å². The Morgan fingerprint density at radius 1 is 1.36 bits per heavy atom. The fraction of sp³-hybridized carbons (Fsp3) is 0.556. The Bertz CT molecular complexity index is 692. The minimum Gasteiger partial charge on any atom is -0.342 e. The van der Waals surface area contributed by atoms with E-state index in [1.165, 1.54) is 11.9 Å². The number of nitrogens with zero attached hydrogens (tertiary/aromatic N) is 3. The van der Waals surface area contributed by atoms with Gasteiger partial charge in [-0.3, -0.25) is 4.79 Å². The molecule has 4 nitrogen and oxygen atoms in total. The number of fused-ring (bicyclic) bond motifs is 1. The molecular weight excluding hydrogens is 274 g/mol. The molecule has 2 aliphatic rings. The van der Waals surface area contributed by atoms with E-state index in [4.69, 9.17) is 0 Å². The fourth-order valence-electron chi connectivity index (χ4n) is 3.75. The van der Waals surface area contributed by atoms with Gasteiger partial charge in [-0.05, 0) is 43.2 Å². The van der Waals surface area contributed by atoms with Crippen molar-refractivity contribution in [2.75, 3.05) is 13.1 Å². The summed E-state index contributed by atoms with van der Waals surface area (Å²) >= 11 is 0. The van der Waals surface area contributed by atoms with Gasteiger partial charge >= 0.3 is 0 Å². The Morgan fingerprint density at radius 2 is 2.18 bits per heavy atom. The van der Waals surface area contributed by atoms with E-state index in [1.807, 2.05) is 12.4 Å². The Balaban J connectivity index is 1.45. The highest BCUT2D eigenvalue weighted by Crippen LogP contribution is 2.40. The maximum absolute atomic E-state index is 12.4. The number of carbonyl (C=O) groups is 1. The Morgan fingerprint density at radius 3 is 3.00 bits per heavy atom. The van der Waals surface area contributed by atoms with Crippen LogP contribution in [0.15, 0.2) is 30.6 Å². The van der Waals surface area contributed by atoms with Crippen molar-refractivity contribution in [3.63, 3.8) is 0 Å². The first-order valence-corrected chi connectivity index (χ1v) is 8.41. The van der Waals surface area contributed by atoms with Crippen LogP contribution < -0.4 is 0 Å². The van der Waals surface area contributed by atoms with E-state index in [2.05, 4.69) is 39.6 Å². The minimum absolute atomic E-state index is 0.313. The van der Waals surface area contributed by atoms with E-state index in [0.717, 1.165) is 38.0 Å². The van der Waals surface area contributed by atoms with E-state index in [1.54, 1.807) is 0 Å². The number of carbonyl (C=O) groups excluding carboxylic acids is 1. The first-order valence-electron chi connectivity index (χ1n) is 8.41. The van der Waals surface area contributed by atoms with Crippen molar-refractivity contribution in [3.05, 3.63) is 30.6 Å². The molecule has 2 fully saturated rings. The van der Waals surface area contributed by atoms with Crippen molar-refractivity contribution in [2.45, 2.75) is 32.7 Å². The molecule has 4 rings (SSSR count). The molecule has 116 valence electrons. The molecule has 1 saturated heterocycles. The van der Waals surface area contributed by atoms with Crippen LogP contribution in [0.3, 0.4) is 0 Å². The van der Waals surface area contributed by atoms with Gasteiger partial charge in [0.25, 0.3) is 0 Å². The molecule has 1 aliphatic heterocycles. The van der Waals surface area contributed by atoms with Crippen LogP contribution in [0, 0.1) is 17.8 Å². The maximum atomic E-state index is 12.4. The third kappa shape index (κ3) is 2.51. The largest absolute Gasteiger partial charge is 0.342 e. The summed E-state index contributed by atoms with van der Waals surface area (Å²) in [6.45, 7) is 5.00. The molecule has 1 amide bonds. The summed E-state index contributed by atoms with van der Waals surface area (Å²) in [7, 11) is 0. The number of imidazole rings is 1. The molecule has 1 aromatic carbocycles. The van der Waals surface area contributed by atoms with Crippen molar-refractivity contribution in [3.8, 4) is 0 Å². The summed E-state index contributed by atoms with van der Waals surface area (Å²) in [5, 5.41) is 0. The average Bonchev–Trinajstić information content (AvgIpc) is 3.14. The van der Waals surface area contributed by atoms with Gasteiger partial charge in [-0.15, -0.1) is 0 Å². The van der Waals surface area contributed by atoms with Crippen molar-refractivity contribution in [1.29, 1.82) is 0 Å². The second-order valence-corrected chi connectivity index (χ2v) is 7.00. The lowest BCUT2D eigenvalue weighted by atomic mass is 9.97. The summed E-state index contributed by atoms with van der Waals surface area (Å²) in [5.74, 6) is 1.86. The normalized spacial score (nSPS) is 28.0. The predicted molar refractivity (Wildman–Crippen MR) is 86.3 cm³/mol. The minimum atomic E-state index is 0.313. The smallest absolute Gasteiger partial charge is 0.225 e. The lowest BCUT2D eigenvalue weighted by molar-refractivity contribution is -0.134. The molecule has 1 saturated carbocycles. The van der Waals surface area contributed by atoms with Gasteiger partial charge in [0.05, 0.1) is 17.4 Å². The zero-order chi connectivity index (χ0) is 15.1. The second kappa shape index (κ2) is 5.41. The molecule has 0 radical (unpaired) electrons. The van der Waals surface area contributed by atoms with Crippen molar-refractivity contribution < 1.29 is 4.79 Å². The van der Waals surface area contributed by atoms with Crippen LogP contribution in [-0.4, -0.2) is 33.4 Å². The van der Waals surface area contributed by atoms with Gasteiger partial charge in [0.2, 0.25) is 5.91 Å². The summed E-state index contributed by atoms with van der Waals surface area (Å²) in [4.78, 5) is 19.0. The molecule has 2 heterocycles. The Labute approximate surface area is 131 Å². The number of aromatic nitrogens is 2. The Kier molecular flexibility index (Phi) is 3.40. The number of amides is 1. The highest BCUT2D eigenvalue weighted by molar-refractivity contribution is 5.81. The number of benzene rings is 1. The van der Waals surface area contributed by atoms with Crippen LogP contribution in [0.5, 0.6) is 0 Å². The maximum Gasteiger partial charge on any atom is 0.225 e. The van der Waals surface area contributed by atoms with Gasteiger partial charge in [0, 0.05) is 25.6 Å². The summed E-state index contributed by atoms with van der Waals surface area (Å²) in [5.41, 5.74) is 2.25. The van der Waals surface area contributed by atoms with Crippen molar-refractivity contribution >= 4 is 16.9 Å². The van der Waals surface area contributed by atoms with Crippen LogP contribution >= 0.6 is 0 Å². The summed E-state index contributed by atoms with van der Waals surface area (Å²) in [6, 6.07) is 8.26. The van der Waals surface area contributed by atoms with E-state index in [0.29, 0.717) is 23.7 Å². The molecule has 22 heavy (non-hydrogen) atoms. The lowest BCUT2D eigenvalue weighted by Gasteiger charge is -2.33. The summed E-state index contributed by atoms with van der Waals surface area (Å²) in [6.07, 6.45) is 5.36. The quantitative estimate of drug-likeness (QED) is 0.873. The topological polar surface area (TPSA) is 38.1 Å². The van der Waals surface area contributed by atoms with Gasteiger partial charge in [0.15, 0.2) is 0 Å². The standard InChI is InChI=1S/C18H23N3O/c1-13-9-15(13)18(22)20-8-4-5-14(10-20)11-21-12-19-16-6-2-3-7-17(16)21/h2-3,6-7,12-15H,4-5,8-11H2,1H3/t13-,14-,15+/m1/s1. The fourth-order valence-corrected chi connectivity index (χ4v) is 3.75. The van der Waals surface area contributed by atoms with Crippen LogP contribution in [-0.2, 0) is 11.3 Å². The molecule has 1 aliphatic carbocycles. The molecule has 0 unspecified atom stereocenters. The molecule has 0 N–H and O–H groups in total. The average molecular weight is 297 g/mol. The molecular formula is C18H23N3O.